The molecule has 8 heteroatoms. The number of nitrogens with one attached hydrogen (secondary N) is 3. The molecule has 1 atom stereocenters. The predicted molar refractivity (Wildman–Crippen MR) is 105 cm³/mol. The number of aromatic nitrogens is 2. The van der Waals surface area contributed by atoms with E-state index in [1.807, 2.05) is 30.3 Å². The minimum Gasteiger partial charge on any atom is -0.439 e. The van der Waals surface area contributed by atoms with Gasteiger partial charge in [-0.25, -0.2) is 9.59 Å². The Morgan fingerprint density at radius 2 is 1.50 bits per heavy atom. The monoisotopic (exact) mass is 377 g/mol. The van der Waals surface area contributed by atoms with Gasteiger partial charge in [0.15, 0.2) is 0 Å². The summed E-state index contributed by atoms with van der Waals surface area (Å²) >= 11 is 0. The maximum absolute atomic E-state index is 12.2. The van der Waals surface area contributed by atoms with Gasteiger partial charge in [0.05, 0.1) is 30.3 Å². The molecule has 1 unspecified atom stereocenters. The molecule has 1 aromatic carbocycles. The molecular weight excluding hydrogens is 358 g/mol. The minimum atomic E-state index is -0.669. The van der Waals surface area contributed by atoms with Gasteiger partial charge >= 0.3 is 12.1 Å². The first-order chi connectivity index (χ1) is 13.7. The number of hydrogen-bond acceptors (Lipinski definition) is 5. The first-order valence-corrected chi connectivity index (χ1v) is 8.58. The zero-order valence-electron chi connectivity index (χ0n) is 14.9. The molecule has 3 N–H and O–H groups in total. The first kappa shape index (κ1) is 18.8. The molecule has 0 bridgehead atoms. The van der Waals surface area contributed by atoms with Crippen LogP contribution in [0.15, 0.2) is 79.4 Å². The largest absolute Gasteiger partial charge is 0.439 e. The van der Waals surface area contributed by atoms with Crippen LogP contribution in [0.3, 0.4) is 0 Å². The normalized spacial score (nSPS) is 11.1. The third-order valence-corrected chi connectivity index (χ3v) is 3.70. The van der Waals surface area contributed by atoms with Crippen molar-refractivity contribution in [3.8, 4) is 0 Å². The molecule has 0 aliphatic rings. The number of anilines is 2. The summed E-state index contributed by atoms with van der Waals surface area (Å²) in [5, 5.41) is 7.98. The standard InChI is InChI=1S/C20H19N5O3/c26-19(24-16-8-4-10-21-12-16)23-14-18(15-6-2-1-3-7-15)28-20(27)25-17-9-5-11-22-13-17/h1-13,18H,14H2,(H,25,27)(H2,23,24,26). The molecule has 3 amide bonds. The SMILES string of the molecule is O=C(NCC(OC(=O)Nc1cccnc1)c1ccccc1)Nc1cccnc1. The van der Waals surface area contributed by atoms with Crippen LogP contribution in [0, 0.1) is 0 Å². The lowest BCUT2D eigenvalue weighted by Gasteiger charge is -2.19. The van der Waals surface area contributed by atoms with E-state index in [0.717, 1.165) is 5.56 Å². The van der Waals surface area contributed by atoms with Gasteiger partial charge in [0, 0.05) is 12.4 Å². The van der Waals surface area contributed by atoms with Crippen LogP contribution in [0.5, 0.6) is 0 Å². The topological polar surface area (TPSA) is 105 Å². The minimum absolute atomic E-state index is 0.0938. The van der Waals surface area contributed by atoms with Gasteiger partial charge in [0.25, 0.3) is 0 Å². The zero-order valence-corrected chi connectivity index (χ0v) is 14.9. The average Bonchev–Trinajstić information content (AvgIpc) is 2.73. The molecule has 3 aromatic rings. The summed E-state index contributed by atoms with van der Waals surface area (Å²) in [6, 6.07) is 15.6. The van der Waals surface area contributed by atoms with Gasteiger partial charge < -0.3 is 15.4 Å². The summed E-state index contributed by atoms with van der Waals surface area (Å²) in [7, 11) is 0. The van der Waals surface area contributed by atoms with E-state index in [2.05, 4.69) is 25.9 Å². The maximum Gasteiger partial charge on any atom is 0.412 e. The average molecular weight is 377 g/mol. The number of nitrogens with zero attached hydrogens (tertiary/aromatic N) is 2. The second kappa shape index (κ2) is 9.67. The molecule has 0 radical (unpaired) electrons. The Hall–Kier alpha value is -3.94. The number of carbonyl (C=O) groups is 2. The fourth-order valence-corrected chi connectivity index (χ4v) is 2.41. The quantitative estimate of drug-likeness (QED) is 0.609. The fraction of sp³-hybridized carbons (Fsp3) is 0.100. The first-order valence-electron chi connectivity index (χ1n) is 8.58. The highest BCUT2D eigenvalue weighted by molar-refractivity contribution is 5.89. The fourth-order valence-electron chi connectivity index (χ4n) is 2.41. The Balaban J connectivity index is 1.61. The van der Waals surface area contributed by atoms with Gasteiger partial charge in [-0.1, -0.05) is 30.3 Å². The lowest BCUT2D eigenvalue weighted by atomic mass is 10.1. The summed E-state index contributed by atoms with van der Waals surface area (Å²) in [6.07, 6.45) is 4.95. The predicted octanol–water partition coefficient (Wildman–Crippen LogP) is 3.59. The summed E-state index contributed by atoms with van der Waals surface area (Å²) < 4.78 is 5.51. The molecule has 2 heterocycles. The maximum atomic E-state index is 12.2. The highest BCUT2D eigenvalue weighted by Crippen LogP contribution is 2.18. The molecule has 0 aliphatic carbocycles. The second-order valence-electron chi connectivity index (χ2n) is 5.75. The molecule has 0 saturated carbocycles. The molecule has 2 aromatic heterocycles. The van der Waals surface area contributed by atoms with E-state index in [9.17, 15) is 9.59 Å². The number of carbonyl (C=O) groups excluding carboxylic acids is 2. The van der Waals surface area contributed by atoms with E-state index in [1.54, 1.807) is 36.7 Å². The van der Waals surface area contributed by atoms with E-state index in [-0.39, 0.29) is 6.54 Å². The summed E-state index contributed by atoms with van der Waals surface area (Å²) in [6.45, 7) is 0.0938. The molecule has 142 valence electrons. The van der Waals surface area contributed by atoms with Gasteiger partial charge in [-0.2, -0.15) is 0 Å². The molecular formula is C20H19N5O3. The van der Waals surface area contributed by atoms with Crippen molar-refractivity contribution >= 4 is 23.5 Å². The Morgan fingerprint density at radius 1 is 0.857 bits per heavy atom. The Bertz CT molecular complexity index is 891. The van der Waals surface area contributed by atoms with Crippen LogP contribution >= 0.6 is 0 Å². The third kappa shape index (κ3) is 5.80. The smallest absolute Gasteiger partial charge is 0.412 e. The highest BCUT2D eigenvalue weighted by atomic mass is 16.6. The number of hydrogen-bond donors (Lipinski definition) is 3. The third-order valence-electron chi connectivity index (χ3n) is 3.70. The van der Waals surface area contributed by atoms with Crippen LogP contribution in [0.2, 0.25) is 0 Å². The van der Waals surface area contributed by atoms with Crippen LogP contribution in [0.1, 0.15) is 11.7 Å². The second-order valence-corrected chi connectivity index (χ2v) is 5.75. The Morgan fingerprint density at radius 3 is 2.11 bits per heavy atom. The molecule has 0 spiro atoms. The molecule has 0 aliphatic heterocycles. The van der Waals surface area contributed by atoms with Gasteiger partial charge in [-0.15, -0.1) is 0 Å². The number of urea groups is 1. The van der Waals surface area contributed by atoms with Crippen LogP contribution in [-0.4, -0.2) is 28.6 Å². The van der Waals surface area contributed by atoms with Crippen LogP contribution in [0.4, 0.5) is 21.0 Å². The van der Waals surface area contributed by atoms with Gasteiger partial charge in [0.2, 0.25) is 0 Å². The summed E-state index contributed by atoms with van der Waals surface area (Å²) in [4.78, 5) is 32.2. The van der Waals surface area contributed by atoms with E-state index in [4.69, 9.17) is 4.74 Å². The number of rotatable bonds is 6. The van der Waals surface area contributed by atoms with Crippen LogP contribution < -0.4 is 16.0 Å². The van der Waals surface area contributed by atoms with Crippen molar-refractivity contribution in [2.45, 2.75) is 6.10 Å². The molecule has 28 heavy (non-hydrogen) atoms. The van der Waals surface area contributed by atoms with Crippen molar-refractivity contribution in [2.75, 3.05) is 17.2 Å². The van der Waals surface area contributed by atoms with Crippen molar-refractivity contribution in [2.24, 2.45) is 0 Å². The van der Waals surface area contributed by atoms with E-state index < -0.39 is 18.2 Å². The molecule has 3 rings (SSSR count). The van der Waals surface area contributed by atoms with Crippen molar-refractivity contribution in [3.63, 3.8) is 0 Å². The van der Waals surface area contributed by atoms with Crippen molar-refractivity contribution < 1.29 is 14.3 Å². The van der Waals surface area contributed by atoms with Crippen molar-refractivity contribution in [1.29, 1.82) is 0 Å². The Kier molecular flexibility index (Phi) is 6.51. The van der Waals surface area contributed by atoms with Crippen LogP contribution in [0.25, 0.3) is 0 Å². The van der Waals surface area contributed by atoms with Gasteiger partial charge in [-0.3, -0.25) is 15.3 Å². The Labute approximate surface area is 162 Å². The lowest BCUT2D eigenvalue weighted by molar-refractivity contribution is 0.111. The summed E-state index contributed by atoms with van der Waals surface area (Å²) in [5.74, 6) is 0. The number of ether oxygens (including phenoxy) is 1. The van der Waals surface area contributed by atoms with Gasteiger partial charge in [0.1, 0.15) is 6.10 Å². The number of pyridine rings is 2. The number of amides is 3. The van der Waals surface area contributed by atoms with Crippen molar-refractivity contribution in [3.05, 3.63) is 84.9 Å². The zero-order chi connectivity index (χ0) is 19.6. The molecule has 8 nitrogen and oxygen atoms in total. The lowest BCUT2D eigenvalue weighted by Crippen LogP contribution is -2.34. The van der Waals surface area contributed by atoms with E-state index in [1.165, 1.54) is 12.4 Å². The van der Waals surface area contributed by atoms with Gasteiger partial charge in [-0.05, 0) is 29.8 Å². The van der Waals surface area contributed by atoms with E-state index >= 15 is 0 Å². The number of benzene rings is 1. The van der Waals surface area contributed by atoms with Crippen LogP contribution in [-0.2, 0) is 4.74 Å². The highest BCUT2D eigenvalue weighted by Gasteiger charge is 2.18. The molecule has 0 fully saturated rings. The summed E-state index contributed by atoms with van der Waals surface area (Å²) in [5.41, 5.74) is 1.83. The van der Waals surface area contributed by atoms with E-state index in [0.29, 0.717) is 11.4 Å². The van der Waals surface area contributed by atoms with Crippen molar-refractivity contribution in [1.82, 2.24) is 15.3 Å². The molecule has 0 saturated heterocycles.